The van der Waals surface area contributed by atoms with E-state index in [1.54, 1.807) is 19.0 Å². The molecule has 0 saturated carbocycles. The molecule has 4 atom stereocenters. The molecule has 3 aliphatic carbocycles. The summed E-state index contributed by atoms with van der Waals surface area (Å²) in [4.78, 5) is 40.4. The Bertz CT molecular complexity index is 1360. The van der Waals surface area contributed by atoms with Crippen LogP contribution >= 0.6 is 0 Å². The van der Waals surface area contributed by atoms with Crippen LogP contribution in [0.2, 0.25) is 0 Å². The third kappa shape index (κ3) is 5.87. The van der Waals surface area contributed by atoms with Gasteiger partial charge in [0.2, 0.25) is 11.8 Å². The maximum absolute atomic E-state index is 15.5. The lowest BCUT2D eigenvalue weighted by Crippen LogP contribution is -2.60. The summed E-state index contributed by atoms with van der Waals surface area (Å²) in [7, 11) is 4.72. The number of aromatic hydroxyl groups is 1. The van der Waals surface area contributed by atoms with Crippen LogP contribution in [0, 0.1) is 17.7 Å². The van der Waals surface area contributed by atoms with Gasteiger partial charge >= 0.3 is 0 Å². The van der Waals surface area contributed by atoms with Crippen molar-refractivity contribution in [1.29, 1.82) is 0 Å². The van der Waals surface area contributed by atoms with E-state index in [1.807, 2.05) is 0 Å². The summed E-state index contributed by atoms with van der Waals surface area (Å²) in [5.41, 5.74) is 3.20. The van der Waals surface area contributed by atoms with Crippen molar-refractivity contribution >= 4 is 23.3 Å². The number of ether oxygens (including phenoxy) is 1. The van der Waals surface area contributed by atoms with E-state index in [9.17, 15) is 29.7 Å². The number of methoxy groups -OCH3 is 1. The number of benzene rings is 1. The van der Waals surface area contributed by atoms with Crippen molar-refractivity contribution in [2.45, 2.75) is 69.9 Å². The second-order valence-corrected chi connectivity index (χ2v) is 12.0. The second kappa shape index (κ2) is 13.0. The smallest absolute Gasteiger partial charge is 0.248 e. The van der Waals surface area contributed by atoms with Crippen molar-refractivity contribution in [2.24, 2.45) is 17.6 Å². The predicted octanol–water partition coefficient (Wildman–Crippen LogP) is 3.23. The van der Waals surface area contributed by atoms with Gasteiger partial charge in [-0.15, -0.1) is 0 Å². The molecule has 11 nitrogen and oxygen atoms in total. The molecule has 0 saturated heterocycles. The van der Waals surface area contributed by atoms with E-state index in [2.05, 4.69) is 17.6 Å². The first-order valence-electron chi connectivity index (χ1n) is 14.9. The number of primary amides is 1. The molecule has 0 fully saturated rings. The molecule has 236 valence electrons. The number of hydrogen-bond donors (Lipinski definition) is 6. The zero-order chi connectivity index (χ0) is 31.6. The molecule has 0 heterocycles. The summed E-state index contributed by atoms with van der Waals surface area (Å²) in [5.74, 6) is -5.49. The van der Waals surface area contributed by atoms with E-state index in [4.69, 9.17) is 10.5 Å². The molecular weight excluding hydrogens is 559 g/mol. The van der Waals surface area contributed by atoms with Crippen LogP contribution in [-0.4, -0.2) is 83.8 Å². The number of nitrogens with zero attached hydrogens (tertiary/aromatic N) is 1. The molecular formula is C31H43FN4O7. The Hall–Kier alpha value is -3.48. The molecule has 2 amide bonds. The summed E-state index contributed by atoms with van der Waals surface area (Å²) in [6.07, 6.45) is 5.31. The topological polar surface area (TPSA) is 174 Å². The fourth-order valence-electron chi connectivity index (χ4n) is 7.00. The number of amides is 2. The van der Waals surface area contributed by atoms with E-state index in [0.29, 0.717) is 6.54 Å². The number of halogens is 1. The second-order valence-electron chi connectivity index (χ2n) is 12.0. The van der Waals surface area contributed by atoms with Crippen LogP contribution in [0.3, 0.4) is 0 Å². The summed E-state index contributed by atoms with van der Waals surface area (Å²) >= 11 is 0. The Morgan fingerprint density at radius 1 is 1.19 bits per heavy atom. The third-order valence-corrected chi connectivity index (χ3v) is 9.12. The van der Waals surface area contributed by atoms with Crippen LogP contribution in [0.1, 0.15) is 67.8 Å². The number of fused-ring (bicyclic) bond motifs is 3. The number of aliphatic hydroxyl groups is 2. The minimum absolute atomic E-state index is 0.0166. The number of aliphatic hydroxyl groups excluding tert-OH is 2. The Morgan fingerprint density at radius 2 is 1.88 bits per heavy atom. The standard InChI is InChI=1S/C31H43FN4O7/c1-5-6-7-8-9-10-34-15-22(37)35-21-13-20(32)17-11-16-12-19-25(36(2)3)26(38)18(30(33)42)14-31(19,43-4)29(41)23(16)28(40)24(17)27(21)39/h13,16,19,25,34,38-39,41H,5-12,14-15H2,1-4H3,(H2,33,42)(H,35,37)/t16-,19-,25-,31-/m0/s1. The number of ketones is 1. The number of carbonyl (C=O) groups excluding carboxylic acids is 3. The molecule has 0 radical (unpaired) electrons. The highest BCUT2D eigenvalue weighted by Crippen LogP contribution is 2.55. The summed E-state index contributed by atoms with van der Waals surface area (Å²) in [6.45, 7) is 2.72. The lowest BCUT2D eigenvalue weighted by Gasteiger charge is -2.53. The Balaban J connectivity index is 1.65. The molecule has 0 aromatic heterocycles. The number of phenolic OH excluding ortho intramolecular Hbond substituents is 1. The van der Waals surface area contributed by atoms with Crippen LogP contribution in [0.15, 0.2) is 28.7 Å². The first-order chi connectivity index (χ1) is 20.4. The number of unbranched alkanes of at least 4 members (excludes halogenated alkanes) is 4. The number of nitrogens with two attached hydrogens (primary N) is 1. The number of allylic oxidation sites excluding steroid dienone is 1. The van der Waals surface area contributed by atoms with E-state index in [0.717, 1.165) is 38.2 Å². The summed E-state index contributed by atoms with van der Waals surface area (Å²) in [5, 5.41) is 39.3. The van der Waals surface area contributed by atoms with Gasteiger partial charge in [0, 0.05) is 36.7 Å². The highest BCUT2D eigenvalue weighted by molar-refractivity contribution is 6.15. The van der Waals surface area contributed by atoms with Crippen LogP contribution in [0.25, 0.3) is 0 Å². The summed E-state index contributed by atoms with van der Waals surface area (Å²) in [6, 6.07) is 0.218. The van der Waals surface area contributed by atoms with Gasteiger partial charge in [0.15, 0.2) is 11.5 Å². The van der Waals surface area contributed by atoms with Crippen molar-refractivity contribution in [1.82, 2.24) is 10.2 Å². The van der Waals surface area contributed by atoms with Crippen molar-refractivity contribution in [3.8, 4) is 5.75 Å². The van der Waals surface area contributed by atoms with E-state index in [1.165, 1.54) is 7.11 Å². The van der Waals surface area contributed by atoms with Crippen LogP contribution in [-0.2, 0) is 20.7 Å². The van der Waals surface area contributed by atoms with Crippen LogP contribution < -0.4 is 16.4 Å². The van der Waals surface area contributed by atoms with E-state index < -0.39 is 58.4 Å². The number of Topliss-reactive ketones (excluding diaryl/α,β-unsaturated/α-hetero) is 1. The molecule has 0 unspecified atom stereocenters. The lowest BCUT2D eigenvalue weighted by atomic mass is 9.59. The van der Waals surface area contributed by atoms with Gasteiger partial charge in [-0.1, -0.05) is 32.6 Å². The monoisotopic (exact) mass is 602 g/mol. The average molecular weight is 603 g/mol. The highest BCUT2D eigenvalue weighted by atomic mass is 19.1. The van der Waals surface area contributed by atoms with Crippen molar-refractivity contribution < 1.29 is 38.8 Å². The van der Waals surface area contributed by atoms with Gasteiger partial charge in [0.25, 0.3) is 0 Å². The first kappa shape index (κ1) is 32.4. The van der Waals surface area contributed by atoms with Gasteiger partial charge in [-0.2, -0.15) is 0 Å². The largest absolute Gasteiger partial charge is 0.510 e. The number of likely N-dealkylation sites (N-methyl/N-ethyl adjacent to an activating group) is 1. The van der Waals surface area contributed by atoms with Crippen LogP contribution in [0.4, 0.5) is 10.1 Å². The minimum atomic E-state index is -1.58. The van der Waals surface area contributed by atoms with Crippen molar-refractivity contribution in [2.75, 3.05) is 39.6 Å². The number of carbonyl (C=O) groups is 3. The SMILES string of the molecule is CCCCCCCNCC(=O)Nc1cc(F)c2c(c1O)C(=O)C1=C(O)[C@]3(OC)CC(C(N)=O)=C(O)[C@@H](N(C)C)[C@@H]3C[C@@H]1C2. The molecule has 43 heavy (non-hydrogen) atoms. The molecule has 7 N–H and O–H groups in total. The molecule has 0 spiro atoms. The molecule has 0 aliphatic heterocycles. The number of hydrogen-bond acceptors (Lipinski definition) is 9. The maximum atomic E-state index is 15.5. The molecule has 3 aliphatic rings. The third-order valence-electron chi connectivity index (χ3n) is 9.12. The molecule has 1 aromatic carbocycles. The van der Waals surface area contributed by atoms with E-state index >= 15 is 4.39 Å². The quantitative estimate of drug-likeness (QED) is 0.155. The summed E-state index contributed by atoms with van der Waals surface area (Å²) < 4.78 is 21.3. The molecule has 0 bridgehead atoms. The molecule has 12 heteroatoms. The van der Waals surface area contributed by atoms with Gasteiger partial charge in [-0.05, 0) is 45.8 Å². The fraction of sp³-hybridized carbons (Fsp3) is 0.581. The number of rotatable bonds is 12. The zero-order valence-corrected chi connectivity index (χ0v) is 25.3. The highest BCUT2D eigenvalue weighted by Gasteiger charge is 2.59. The van der Waals surface area contributed by atoms with Gasteiger partial charge in [0.1, 0.15) is 22.9 Å². The number of phenols is 1. The van der Waals surface area contributed by atoms with Crippen molar-refractivity contribution in [3.05, 3.63) is 45.7 Å². The Labute approximate surface area is 251 Å². The van der Waals surface area contributed by atoms with Crippen molar-refractivity contribution in [3.63, 3.8) is 0 Å². The van der Waals surface area contributed by atoms with E-state index in [-0.39, 0.29) is 59.5 Å². The number of anilines is 1. The lowest BCUT2D eigenvalue weighted by molar-refractivity contribution is -0.122. The van der Waals surface area contributed by atoms with Gasteiger partial charge in [0.05, 0.1) is 29.4 Å². The van der Waals surface area contributed by atoms with Gasteiger partial charge < -0.3 is 36.4 Å². The Morgan fingerprint density at radius 3 is 2.51 bits per heavy atom. The Kier molecular flexibility index (Phi) is 9.83. The molecule has 1 aromatic rings. The normalized spacial score (nSPS) is 25.0. The first-order valence-corrected chi connectivity index (χ1v) is 14.9. The minimum Gasteiger partial charge on any atom is -0.510 e. The van der Waals surface area contributed by atoms with Crippen LogP contribution in [0.5, 0.6) is 5.75 Å². The van der Waals surface area contributed by atoms with Gasteiger partial charge in [-0.3, -0.25) is 19.3 Å². The zero-order valence-electron chi connectivity index (χ0n) is 25.3. The fourth-order valence-corrected chi connectivity index (χ4v) is 7.00. The number of nitrogens with one attached hydrogen (secondary N) is 2. The average Bonchev–Trinajstić information content (AvgIpc) is 2.94. The van der Waals surface area contributed by atoms with Gasteiger partial charge in [-0.25, -0.2) is 4.39 Å². The molecule has 4 rings (SSSR count). The predicted molar refractivity (Wildman–Crippen MR) is 158 cm³/mol. The maximum Gasteiger partial charge on any atom is 0.248 e.